The standard InChI is InChI=1S/C35H54N2O4/c1-22(2)41-30(40)37-35(16-14-31(6,7)19-23(35)3)17-15-32(8,9)34(11)13-12-27-25(5)29(39)26(21-36)20-33(27,10)28(34)18-24(4)38/h18,20,22-23,25,27H,12-17,19H2,1-11H3,(H,37,40)/b28-18-/t23?,25-,27-,33-,34+,35-/m0/s1. The molecule has 0 aromatic rings. The lowest BCUT2D eigenvalue weighted by atomic mass is 9.44. The van der Waals surface area contributed by atoms with Crippen LogP contribution in [0.3, 0.4) is 0 Å². The number of ether oxygens (including phenoxy) is 1. The van der Waals surface area contributed by atoms with Crippen molar-refractivity contribution < 1.29 is 19.1 Å². The molecule has 3 aliphatic carbocycles. The van der Waals surface area contributed by atoms with Gasteiger partial charge >= 0.3 is 6.09 Å². The Kier molecular flexibility index (Phi) is 9.15. The number of Topliss-reactive ketones (excluding diaryl/α,β-unsaturated/α-hetero) is 1. The summed E-state index contributed by atoms with van der Waals surface area (Å²) in [5.74, 6) is -0.0514. The predicted octanol–water partition coefficient (Wildman–Crippen LogP) is 8.12. The molecular weight excluding hydrogens is 512 g/mol. The van der Waals surface area contributed by atoms with Crippen molar-refractivity contribution in [2.75, 3.05) is 0 Å². The molecule has 0 aliphatic heterocycles. The molecular formula is C35H54N2O4. The molecule has 2 saturated carbocycles. The van der Waals surface area contributed by atoms with Crippen molar-refractivity contribution in [3.63, 3.8) is 0 Å². The van der Waals surface area contributed by atoms with E-state index in [0.29, 0.717) is 0 Å². The van der Waals surface area contributed by atoms with Gasteiger partial charge in [0.15, 0.2) is 11.6 Å². The molecule has 0 heterocycles. The minimum absolute atomic E-state index is 0.0157. The minimum atomic E-state index is -0.562. The van der Waals surface area contributed by atoms with Crippen LogP contribution in [-0.2, 0) is 14.3 Å². The highest BCUT2D eigenvalue weighted by Crippen LogP contribution is 2.65. The SMILES string of the molecule is CC(=O)/C=C1/[C@@]2(C)C=C(C#N)C(=O)[C@@H](C)[C@@H]2CC[C@@]1(C)C(C)(C)CC[C@@]1(NC(=O)OC(C)C)CCC(C)(C)CC1C. The second-order valence-electron chi connectivity index (χ2n) is 15.6. The number of ketones is 2. The third kappa shape index (κ3) is 6.20. The molecule has 0 aromatic carbocycles. The molecule has 2 fully saturated rings. The molecule has 0 aromatic heterocycles. The van der Waals surface area contributed by atoms with Crippen LogP contribution in [0, 0.1) is 50.7 Å². The van der Waals surface area contributed by atoms with Crippen LogP contribution in [0.25, 0.3) is 0 Å². The Bertz CT molecular complexity index is 1170. The van der Waals surface area contributed by atoms with Gasteiger partial charge in [-0.05, 0) is 99.9 Å². The molecule has 6 atom stereocenters. The van der Waals surface area contributed by atoms with Crippen LogP contribution in [0.5, 0.6) is 0 Å². The van der Waals surface area contributed by atoms with Crippen LogP contribution in [0.15, 0.2) is 23.3 Å². The molecule has 1 unspecified atom stereocenters. The van der Waals surface area contributed by atoms with E-state index in [1.165, 1.54) is 0 Å². The Labute approximate surface area is 248 Å². The molecule has 41 heavy (non-hydrogen) atoms. The fraction of sp³-hybridized carbons (Fsp3) is 0.771. The van der Waals surface area contributed by atoms with Crippen LogP contribution < -0.4 is 5.32 Å². The molecule has 1 amide bonds. The second-order valence-corrected chi connectivity index (χ2v) is 15.6. The summed E-state index contributed by atoms with van der Waals surface area (Å²) in [6, 6.07) is 2.15. The van der Waals surface area contributed by atoms with Gasteiger partial charge in [0, 0.05) is 16.9 Å². The van der Waals surface area contributed by atoms with Crippen molar-refractivity contribution in [2.24, 2.45) is 39.4 Å². The van der Waals surface area contributed by atoms with Gasteiger partial charge in [-0.15, -0.1) is 0 Å². The fourth-order valence-corrected chi connectivity index (χ4v) is 8.55. The number of hydrogen-bond donors (Lipinski definition) is 1. The maximum absolute atomic E-state index is 13.0. The second kappa shape index (κ2) is 11.3. The van der Waals surface area contributed by atoms with Gasteiger partial charge in [0.25, 0.3) is 0 Å². The van der Waals surface area contributed by atoms with E-state index in [1.54, 1.807) is 13.0 Å². The molecule has 0 radical (unpaired) electrons. The van der Waals surface area contributed by atoms with Crippen molar-refractivity contribution in [1.82, 2.24) is 5.32 Å². The summed E-state index contributed by atoms with van der Waals surface area (Å²) in [5.41, 5.74) is -0.0656. The van der Waals surface area contributed by atoms with Crippen LogP contribution in [0.1, 0.15) is 121 Å². The first-order valence-electron chi connectivity index (χ1n) is 15.6. The topological polar surface area (TPSA) is 96.3 Å². The van der Waals surface area contributed by atoms with Gasteiger partial charge in [0.2, 0.25) is 0 Å². The highest BCUT2D eigenvalue weighted by molar-refractivity contribution is 6.02. The normalized spacial score (nSPS) is 36.3. The lowest BCUT2D eigenvalue weighted by Crippen LogP contribution is -2.58. The lowest BCUT2D eigenvalue weighted by Gasteiger charge is -2.60. The van der Waals surface area contributed by atoms with Gasteiger partial charge in [-0.2, -0.15) is 5.26 Å². The number of carbonyl (C=O) groups excluding carboxylic acids is 3. The third-order valence-corrected chi connectivity index (χ3v) is 11.5. The van der Waals surface area contributed by atoms with Gasteiger partial charge in [-0.25, -0.2) is 4.79 Å². The van der Waals surface area contributed by atoms with Gasteiger partial charge in [-0.1, -0.05) is 67.0 Å². The van der Waals surface area contributed by atoms with Crippen LogP contribution in [0.4, 0.5) is 4.79 Å². The molecule has 0 saturated heterocycles. The largest absolute Gasteiger partial charge is 0.447 e. The maximum atomic E-state index is 13.0. The van der Waals surface area contributed by atoms with E-state index < -0.39 is 5.41 Å². The van der Waals surface area contributed by atoms with E-state index in [2.05, 4.69) is 59.9 Å². The summed E-state index contributed by atoms with van der Waals surface area (Å²) in [5, 5.41) is 13.2. The summed E-state index contributed by atoms with van der Waals surface area (Å²) in [4.78, 5) is 38.7. The molecule has 228 valence electrons. The molecule has 1 N–H and O–H groups in total. The number of allylic oxidation sites excluding steroid dienone is 4. The zero-order chi connectivity index (χ0) is 31.2. The lowest BCUT2D eigenvalue weighted by molar-refractivity contribution is -0.123. The van der Waals surface area contributed by atoms with Crippen molar-refractivity contribution >= 4 is 17.7 Å². The monoisotopic (exact) mass is 566 g/mol. The molecule has 6 heteroatoms. The minimum Gasteiger partial charge on any atom is -0.447 e. The highest BCUT2D eigenvalue weighted by atomic mass is 16.6. The number of alkyl carbamates (subject to hydrolysis) is 1. The maximum Gasteiger partial charge on any atom is 0.407 e. The number of rotatable bonds is 7. The fourth-order valence-electron chi connectivity index (χ4n) is 8.55. The quantitative estimate of drug-likeness (QED) is 0.314. The molecule has 3 aliphatic rings. The van der Waals surface area contributed by atoms with Crippen molar-refractivity contribution in [3.8, 4) is 6.07 Å². The Morgan fingerprint density at radius 3 is 2.34 bits per heavy atom. The molecule has 6 nitrogen and oxygen atoms in total. The smallest absolute Gasteiger partial charge is 0.407 e. The number of hydrogen-bond acceptors (Lipinski definition) is 5. The van der Waals surface area contributed by atoms with Gasteiger partial charge < -0.3 is 10.1 Å². The number of fused-ring (bicyclic) bond motifs is 1. The summed E-state index contributed by atoms with van der Waals surface area (Å²) in [6.07, 6.45) is 9.41. The number of nitriles is 1. The Morgan fingerprint density at radius 2 is 1.80 bits per heavy atom. The predicted molar refractivity (Wildman–Crippen MR) is 163 cm³/mol. The van der Waals surface area contributed by atoms with E-state index >= 15 is 0 Å². The first kappa shape index (κ1) is 33.1. The summed E-state index contributed by atoms with van der Waals surface area (Å²) in [7, 11) is 0. The van der Waals surface area contributed by atoms with E-state index in [0.717, 1.165) is 50.5 Å². The van der Waals surface area contributed by atoms with E-state index in [4.69, 9.17) is 4.74 Å². The Balaban J connectivity index is 2.03. The van der Waals surface area contributed by atoms with Gasteiger partial charge in [-0.3, -0.25) is 9.59 Å². The number of carbonyl (C=O) groups is 3. The number of nitrogens with one attached hydrogen (secondary N) is 1. The average molecular weight is 567 g/mol. The van der Waals surface area contributed by atoms with Crippen LogP contribution in [-0.4, -0.2) is 29.3 Å². The van der Waals surface area contributed by atoms with E-state index in [1.807, 2.05) is 26.8 Å². The summed E-state index contributed by atoms with van der Waals surface area (Å²) in [6.45, 7) is 23.1. The first-order valence-corrected chi connectivity index (χ1v) is 15.6. The van der Waals surface area contributed by atoms with E-state index in [9.17, 15) is 19.6 Å². The Morgan fingerprint density at radius 1 is 1.17 bits per heavy atom. The molecule has 3 rings (SSSR count). The van der Waals surface area contributed by atoms with Crippen molar-refractivity contribution in [1.29, 1.82) is 5.26 Å². The first-order chi connectivity index (χ1) is 18.7. The van der Waals surface area contributed by atoms with Crippen LogP contribution in [0.2, 0.25) is 0 Å². The van der Waals surface area contributed by atoms with Crippen LogP contribution >= 0.6 is 0 Å². The number of amides is 1. The van der Waals surface area contributed by atoms with Crippen molar-refractivity contribution in [2.45, 2.75) is 133 Å². The van der Waals surface area contributed by atoms with Gasteiger partial charge in [0.1, 0.15) is 6.07 Å². The molecule has 0 spiro atoms. The zero-order valence-electron chi connectivity index (χ0n) is 27.5. The third-order valence-electron chi connectivity index (χ3n) is 11.5. The summed E-state index contributed by atoms with van der Waals surface area (Å²) >= 11 is 0. The van der Waals surface area contributed by atoms with Gasteiger partial charge in [0.05, 0.1) is 11.7 Å². The van der Waals surface area contributed by atoms with E-state index in [-0.39, 0.29) is 68.9 Å². The van der Waals surface area contributed by atoms with Crippen molar-refractivity contribution in [3.05, 3.63) is 23.3 Å². The molecule has 0 bridgehead atoms. The Hall–Kier alpha value is -2.42. The number of nitrogens with zero attached hydrogens (tertiary/aromatic N) is 1. The highest BCUT2D eigenvalue weighted by Gasteiger charge is 2.58. The zero-order valence-corrected chi connectivity index (χ0v) is 27.5. The summed E-state index contributed by atoms with van der Waals surface area (Å²) < 4.78 is 5.56. The average Bonchev–Trinajstić information content (AvgIpc) is 2.84.